The summed E-state index contributed by atoms with van der Waals surface area (Å²) in [5, 5.41) is 0. The van der Waals surface area contributed by atoms with E-state index in [1.54, 1.807) is 24.3 Å². The number of nitrogens with two attached hydrogens (primary N) is 2. The summed E-state index contributed by atoms with van der Waals surface area (Å²) in [4.78, 5) is 24.2. The third-order valence-electron chi connectivity index (χ3n) is 3.19. The number of Topliss-reactive ketones (excluding diaryl/α,β-unsaturated/α-hetero) is 2. The van der Waals surface area contributed by atoms with Gasteiger partial charge in [0.25, 0.3) is 0 Å². The second-order valence-corrected chi connectivity index (χ2v) is 4.09. The van der Waals surface area contributed by atoms with Crippen molar-refractivity contribution in [3.8, 4) is 0 Å². The zero-order valence-electron chi connectivity index (χ0n) is 9.07. The molecular weight excluding hydrogens is 204 g/mol. The molecule has 0 heterocycles. The highest BCUT2D eigenvalue weighted by atomic mass is 16.2. The highest BCUT2D eigenvalue weighted by Gasteiger charge is 2.53. The minimum absolute atomic E-state index is 0.359. The Morgan fingerprint density at radius 1 is 1.19 bits per heavy atom. The van der Waals surface area contributed by atoms with Gasteiger partial charge in [0.2, 0.25) is 0 Å². The molecule has 0 radical (unpaired) electrons. The molecule has 0 spiro atoms. The molecule has 4 heteroatoms. The fourth-order valence-corrected chi connectivity index (χ4v) is 2.09. The molecule has 1 aliphatic rings. The van der Waals surface area contributed by atoms with Crippen LogP contribution in [0, 0.1) is 0 Å². The topological polar surface area (TPSA) is 86.2 Å². The Morgan fingerprint density at radius 3 is 2.00 bits per heavy atom. The van der Waals surface area contributed by atoms with E-state index in [0.29, 0.717) is 17.5 Å². The number of hydrogen-bond acceptors (Lipinski definition) is 4. The van der Waals surface area contributed by atoms with Crippen LogP contribution in [0.3, 0.4) is 0 Å². The van der Waals surface area contributed by atoms with Crippen molar-refractivity contribution in [2.75, 3.05) is 0 Å². The molecule has 0 saturated heterocycles. The Morgan fingerprint density at radius 2 is 1.62 bits per heavy atom. The van der Waals surface area contributed by atoms with Crippen molar-refractivity contribution in [2.45, 2.75) is 24.9 Å². The first kappa shape index (κ1) is 11.0. The summed E-state index contributed by atoms with van der Waals surface area (Å²) in [5.41, 5.74) is 10.9. The molecule has 0 bridgehead atoms. The molecule has 84 valence electrons. The lowest BCUT2D eigenvalue weighted by atomic mass is 9.85. The van der Waals surface area contributed by atoms with E-state index in [1.807, 2.05) is 6.92 Å². The fourth-order valence-electron chi connectivity index (χ4n) is 2.09. The third-order valence-corrected chi connectivity index (χ3v) is 3.19. The average molecular weight is 218 g/mol. The molecule has 2 rings (SSSR count). The summed E-state index contributed by atoms with van der Waals surface area (Å²) in [6.45, 7) is 1.81. The van der Waals surface area contributed by atoms with Gasteiger partial charge in [-0.1, -0.05) is 31.2 Å². The molecular formula is C12H14N2O2. The van der Waals surface area contributed by atoms with E-state index in [1.165, 1.54) is 0 Å². The van der Waals surface area contributed by atoms with E-state index in [4.69, 9.17) is 11.5 Å². The fraction of sp³-hybridized carbons (Fsp3) is 0.333. The number of ketones is 2. The smallest absolute Gasteiger partial charge is 0.192 e. The Hall–Kier alpha value is -1.52. The summed E-state index contributed by atoms with van der Waals surface area (Å²) in [7, 11) is 0. The highest BCUT2D eigenvalue weighted by molar-refractivity contribution is 6.33. The van der Waals surface area contributed by atoms with Crippen molar-refractivity contribution in [1.29, 1.82) is 0 Å². The molecule has 16 heavy (non-hydrogen) atoms. The molecule has 4 nitrogen and oxygen atoms in total. The second-order valence-electron chi connectivity index (χ2n) is 4.09. The first-order chi connectivity index (χ1) is 7.53. The van der Waals surface area contributed by atoms with Crippen LogP contribution in [-0.4, -0.2) is 23.1 Å². The maximum atomic E-state index is 12.1. The zero-order chi connectivity index (χ0) is 11.9. The molecule has 0 fully saturated rings. The van der Waals surface area contributed by atoms with Crippen LogP contribution in [0.25, 0.3) is 0 Å². The first-order valence-electron chi connectivity index (χ1n) is 5.26. The van der Waals surface area contributed by atoms with Crippen LogP contribution in [0.15, 0.2) is 24.3 Å². The first-order valence-corrected chi connectivity index (χ1v) is 5.26. The van der Waals surface area contributed by atoms with E-state index >= 15 is 0 Å². The predicted molar refractivity (Wildman–Crippen MR) is 60.3 cm³/mol. The number of hydrogen-bond donors (Lipinski definition) is 2. The van der Waals surface area contributed by atoms with E-state index in [2.05, 4.69) is 0 Å². The van der Waals surface area contributed by atoms with Crippen molar-refractivity contribution >= 4 is 11.6 Å². The van der Waals surface area contributed by atoms with Gasteiger partial charge in [0.1, 0.15) is 0 Å². The standard InChI is InChI=1S/C12H14N2O2/c1-2-9(13)12(14)10(15)7-5-3-4-6-8(7)11(12)16/h3-6,9H,2,13-14H2,1H3. The number of carbonyl (C=O) groups excluding carboxylic acids is 2. The van der Waals surface area contributed by atoms with Crippen LogP contribution in [0.2, 0.25) is 0 Å². The van der Waals surface area contributed by atoms with Gasteiger partial charge >= 0.3 is 0 Å². The number of fused-ring (bicyclic) bond motifs is 1. The lowest BCUT2D eigenvalue weighted by molar-refractivity contribution is 0.0772. The lowest BCUT2D eigenvalue weighted by Crippen LogP contribution is -2.62. The molecule has 0 amide bonds. The minimum atomic E-state index is -1.57. The van der Waals surface area contributed by atoms with Gasteiger partial charge in [-0.3, -0.25) is 9.59 Å². The van der Waals surface area contributed by atoms with Gasteiger partial charge in [0.15, 0.2) is 17.1 Å². The van der Waals surface area contributed by atoms with E-state index in [0.717, 1.165) is 0 Å². The average Bonchev–Trinajstić information content (AvgIpc) is 2.52. The van der Waals surface area contributed by atoms with Crippen molar-refractivity contribution in [3.05, 3.63) is 35.4 Å². The van der Waals surface area contributed by atoms with E-state index in [-0.39, 0.29) is 11.6 Å². The van der Waals surface area contributed by atoms with Gasteiger partial charge in [0.05, 0.1) is 0 Å². The molecule has 1 aromatic carbocycles. The monoisotopic (exact) mass is 218 g/mol. The van der Waals surface area contributed by atoms with Gasteiger partial charge in [-0.15, -0.1) is 0 Å². The molecule has 4 N–H and O–H groups in total. The summed E-state index contributed by atoms with van der Waals surface area (Å²) >= 11 is 0. The van der Waals surface area contributed by atoms with Gasteiger partial charge in [-0.25, -0.2) is 0 Å². The van der Waals surface area contributed by atoms with Crippen LogP contribution in [0.5, 0.6) is 0 Å². The maximum Gasteiger partial charge on any atom is 0.192 e. The van der Waals surface area contributed by atoms with Crippen molar-refractivity contribution in [1.82, 2.24) is 0 Å². The number of rotatable bonds is 2. The van der Waals surface area contributed by atoms with E-state index in [9.17, 15) is 9.59 Å². The molecule has 1 atom stereocenters. The van der Waals surface area contributed by atoms with Crippen molar-refractivity contribution in [3.63, 3.8) is 0 Å². The molecule has 1 unspecified atom stereocenters. The summed E-state index contributed by atoms with van der Waals surface area (Å²) in [5.74, 6) is -0.718. The van der Waals surface area contributed by atoms with Gasteiger partial charge in [0, 0.05) is 17.2 Å². The zero-order valence-corrected chi connectivity index (χ0v) is 9.07. The normalized spacial score (nSPS) is 19.7. The Kier molecular flexibility index (Phi) is 2.40. The summed E-state index contributed by atoms with van der Waals surface area (Å²) < 4.78 is 0. The summed E-state index contributed by atoms with van der Waals surface area (Å²) in [6, 6.07) is 6.03. The van der Waals surface area contributed by atoms with Gasteiger partial charge in [-0.05, 0) is 6.42 Å². The largest absolute Gasteiger partial charge is 0.325 e. The third kappa shape index (κ3) is 1.17. The van der Waals surface area contributed by atoms with Crippen LogP contribution < -0.4 is 11.5 Å². The van der Waals surface area contributed by atoms with Gasteiger partial charge in [-0.2, -0.15) is 0 Å². The molecule has 0 aliphatic heterocycles. The molecule has 0 saturated carbocycles. The Bertz CT molecular complexity index is 433. The van der Waals surface area contributed by atoms with Crippen LogP contribution >= 0.6 is 0 Å². The number of benzene rings is 1. The van der Waals surface area contributed by atoms with Crippen LogP contribution in [0.1, 0.15) is 34.1 Å². The van der Waals surface area contributed by atoms with Gasteiger partial charge < -0.3 is 11.5 Å². The SMILES string of the molecule is CCC(N)C1(N)C(=O)c2ccccc2C1=O. The molecule has 0 aromatic heterocycles. The van der Waals surface area contributed by atoms with Crippen LogP contribution in [-0.2, 0) is 0 Å². The molecule has 1 aromatic rings. The van der Waals surface area contributed by atoms with Crippen LogP contribution in [0.4, 0.5) is 0 Å². The predicted octanol–water partition coefficient (Wildman–Crippen LogP) is 0.500. The maximum absolute atomic E-state index is 12.1. The lowest BCUT2D eigenvalue weighted by Gasteiger charge is -2.26. The highest BCUT2D eigenvalue weighted by Crippen LogP contribution is 2.30. The van der Waals surface area contributed by atoms with Crippen molar-refractivity contribution in [2.24, 2.45) is 11.5 Å². The Labute approximate surface area is 93.6 Å². The summed E-state index contributed by atoms with van der Waals surface area (Å²) in [6.07, 6.45) is 0.488. The minimum Gasteiger partial charge on any atom is -0.325 e. The number of carbonyl (C=O) groups is 2. The van der Waals surface area contributed by atoms with Crippen molar-refractivity contribution < 1.29 is 9.59 Å². The van der Waals surface area contributed by atoms with E-state index < -0.39 is 11.6 Å². The molecule has 1 aliphatic carbocycles. The quantitative estimate of drug-likeness (QED) is 0.708. The Balaban J connectivity index is 2.58. The second kappa shape index (κ2) is 3.50.